The van der Waals surface area contributed by atoms with Crippen LogP contribution >= 0.6 is 8.34 Å². The Kier molecular flexibility index (Phi) is 65.6. The van der Waals surface area contributed by atoms with Crippen LogP contribution in [0.2, 0.25) is 0 Å². The molecule has 0 aliphatic rings. The zero-order chi connectivity index (χ0) is 2.71. The number of rotatable bonds is 0. The second-order valence-electron chi connectivity index (χ2n) is 0.0745. The van der Waals surface area contributed by atoms with Gasteiger partial charge in [0.15, 0.2) is 0 Å². The van der Waals surface area contributed by atoms with Crippen molar-refractivity contribution < 1.29 is 42.7 Å². The fourth-order valence-electron chi connectivity index (χ4n) is 0. The Bertz CT molecular complexity index is 30.6. The summed E-state index contributed by atoms with van der Waals surface area (Å²) in [4.78, 5) is 0. The molecule has 0 aromatic carbocycles. The first-order valence-corrected chi connectivity index (χ1v) is 1.10. The molecular formula is CuNiO2P+. The van der Waals surface area contributed by atoms with E-state index in [0.717, 1.165) is 0 Å². The fraction of sp³-hybridized carbons (Fsp3) is 0. The maximum atomic E-state index is 8.35. The van der Waals surface area contributed by atoms with Gasteiger partial charge in [-0.15, -0.1) is 0 Å². The van der Waals surface area contributed by atoms with Gasteiger partial charge in [0.1, 0.15) is 0 Å². The van der Waals surface area contributed by atoms with Crippen molar-refractivity contribution in [2.24, 2.45) is 0 Å². The summed E-state index contributed by atoms with van der Waals surface area (Å²) in [6.07, 6.45) is 0. The average molecular weight is 185 g/mol. The molecule has 0 heterocycles. The maximum absolute atomic E-state index is 8.35. The predicted octanol–water partition coefficient (Wildman–Crippen LogP) is 0.619. The molecule has 2 nitrogen and oxygen atoms in total. The molecule has 0 aromatic heterocycles. The summed E-state index contributed by atoms with van der Waals surface area (Å²) >= 11 is 0. The molecule has 0 atom stereocenters. The Morgan fingerprint density at radius 1 is 1.20 bits per heavy atom. The first-order chi connectivity index (χ1) is 1.41. The van der Waals surface area contributed by atoms with Gasteiger partial charge in [-0.2, -0.15) is 0 Å². The van der Waals surface area contributed by atoms with Crippen LogP contribution in [0, 0.1) is 0 Å². The van der Waals surface area contributed by atoms with E-state index in [1.54, 1.807) is 0 Å². The van der Waals surface area contributed by atoms with Crippen LogP contribution in [0.5, 0.6) is 0 Å². The molecule has 0 spiro atoms. The molecule has 0 aliphatic heterocycles. The van der Waals surface area contributed by atoms with Crippen LogP contribution in [0.15, 0.2) is 0 Å². The van der Waals surface area contributed by atoms with Gasteiger partial charge in [0.25, 0.3) is 0 Å². The van der Waals surface area contributed by atoms with Crippen molar-refractivity contribution >= 4 is 8.34 Å². The zero-order valence-corrected chi connectivity index (χ0v) is 4.71. The van der Waals surface area contributed by atoms with E-state index in [-0.39, 0.29) is 33.6 Å². The van der Waals surface area contributed by atoms with E-state index in [0.29, 0.717) is 0 Å². The summed E-state index contributed by atoms with van der Waals surface area (Å²) in [6, 6.07) is 0. The zero-order valence-electron chi connectivity index (χ0n) is 1.88. The Labute approximate surface area is 51.3 Å². The van der Waals surface area contributed by atoms with E-state index < -0.39 is 8.34 Å². The van der Waals surface area contributed by atoms with Crippen molar-refractivity contribution in [2.45, 2.75) is 0 Å². The van der Waals surface area contributed by atoms with E-state index in [1.807, 2.05) is 0 Å². The van der Waals surface area contributed by atoms with Gasteiger partial charge >= 0.3 is 17.5 Å². The van der Waals surface area contributed by atoms with Gasteiger partial charge in [-0.25, -0.2) is 0 Å². The third kappa shape index (κ3) is 42.9. The summed E-state index contributed by atoms with van der Waals surface area (Å²) in [5.74, 6) is 0. The second-order valence-corrected chi connectivity index (χ2v) is 0.224. The van der Waals surface area contributed by atoms with Crippen molar-refractivity contribution in [3.05, 3.63) is 0 Å². The standard InChI is InChI=1S/Cu.Ni.O2P/c;;1-3-2/q;;+1. The largest absolute Gasteiger partial charge is 0 e. The topological polar surface area (TPSA) is 34.1 Å². The van der Waals surface area contributed by atoms with Crippen LogP contribution < -0.4 is 0 Å². The molecule has 0 bridgehead atoms. The number of hydrogen-bond donors (Lipinski definition) is 0. The van der Waals surface area contributed by atoms with Crippen molar-refractivity contribution in [1.29, 1.82) is 0 Å². The van der Waals surface area contributed by atoms with Crippen molar-refractivity contribution in [3.8, 4) is 0 Å². The molecule has 0 rings (SSSR count). The smallest absolute Gasteiger partial charge is 0 e. The minimum absolute atomic E-state index is 0. The predicted molar refractivity (Wildman–Crippen MR) is 8.29 cm³/mol. The number of hydrogen-bond acceptors (Lipinski definition) is 2. The van der Waals surface area contributed by atoms with Crippen LogP contribution in [0.1, 0.15) is 0 Å². The second kappa shape index (κ2) is 19.7. The summed E-state index contributed by atoms with van der Waals surface area (Å²) < 4.78 is 16.7. The van der Waals surface area contributed by atoms with Crippen molar-refractivity contribution in [2.75, 3.05) is 0 Å². The molecule has 0 unspecified atom stereocenters. The molecule has 0 aromatic rings. The van der Waals surface area contributed by atoms with Gasteiger partial charge in [0.05, 0.1) is 0 Å². The van der Waals surface area contributed by atoms with Crippen LogP contribution in [-0.4, -0.2) is 0 Å². The van der Waals surface area contributed by atoms with E-state index in [4.69, 9.17) is 9.13 Å². The van der Waals surface area contributed by atoms with Crippen LogP contribution in [0.4, 0.5) is 0 Å². The summed E-state index contributed by atoms with van der Waals surface area (Å²) in [5, 5.41) is 0. The van der Waals surface area contributed by atoms with E-state index in [1.165, 1.54) is 0 Å². The molecule has 37 valence electrons. The molecule has 0 saturated heterocycles. The summed E-state index contributed by atoms with van der Waals surface area (Å²) in [6.45, 7) is 0. The molecule has 5 heavy (non-hydrogen) atoms. The van der Waals surface area contributed by atoms with Gasteiger partial charge < -0.3 is 0 Å². The quantitative estimate of drug-likeness (QED) is 0.409. The molecule has 1 radical (unpaired) electrons. The van der Waals surface area contributed by atoms with Crippen LogP contribution in [0.25, 0.3) is 0 Å². The third-order valence-corrected chi connectivity index (χ3v) is 0. The summed E-state index contributed by atoms with van der Waals surface area (Å²) in [5.41, 5.74) is 0. The minimum atomic E-state index is -1.08. The molecule has 0 N–H and O–H groups in total. The maximum Gasteiger partial charge on any atom is 0 e. The molecular weight excluding hydrogens is 185 g/mol. The van der Waals surface area contributed by atoms with Gasteiger partial charge in [-0.1, -0.05) is 0 Å². The van der Waals surface area contributed by atoms with Gasteiger partial charge in [-0.05, 0) is 0 Å². The molecule has 0 fully saturated rings. The Morgan fingerprint density at radius 2 is 1.20 bits per heavy atom. The Hall–Kier alpha value is 1.04. The van der Waals surface area contributed by atoms with Gasteiger partial charge in [-0.3, -0.25) is 0 Å². The molecule has 0 amide bonds. The normalized spacial score (nSPS) is 1.60. The first kappa shape index (κ1) is 16.6. The van der Waals surface area contributed by atoms with E-state index in [2.05, 4.69) is 0 Å². The SMILES string of the molecule is O=[P+]=O.[Cu].[Ni]. The fourth-order valence-corrected chi connectivity index (χ4v) is 0. The Balaban J connectivity index is -0.0000000200. The molecule has 0 saturated carbocycles. The molecule has 5 heteroatoms. The van der Waals surface area contributed by atoms with Crippen LogP contribution in [-0.2, 0) is 42.7 Å². The monoisotopic (exact) mass is 184 g/mol. The van der Waals surface area contributed by atoms with Crippen LogP contribution in [0.3, 0.4) is 0 Å². The van der Waals surface area contributed by atoms with E-state index in [9.17, 15) is 0 Å². The van der Waals surface area contributed by atoms with Gasteiger partial charge in [0.2, 0.25) is 0 Å². The minimum Gasteiger partial charge on any atom is 0 e. The average Bonchev–Trinajstić information content (AvgIpc) is 0.918. The molecule has 0 aliphatic carbocycles. The van der Waals surface area contributed by atoms with Crippen molar-refractivity contribution in [3.63, 3.8) is 0 Å². The van der Waals surface area contributed by atoms with Gasteiger partial charge in [0, 0.05) is 33.6 Å². The summed E-state index contributed by atoms with van der Waals surface area (Å²) in [7, 11) is -1.08. The third-order valence-electron chi connectivity index (χ3n) is 0. The first-order valence-electron chi connectivity index (χ1n) is 0.365. The van der Waals surface area contributed by atoms with E-state index >= 15 is 0 Å². The Morgan fingerprint density at radius 3 is 1.20 bits per heavy atom. The van der Waals surface area contributed by atoms with Crippen molar-refractivity contribution in [1.82, 2.24) is 0 Å².